The molecule has 6 aromatic carbocycles. The largest absolute Gasteiger partial charge is 0.497 e. The first-order valence-electron chi connectivity index (χ1n) is 9.56. The Hall–Kier alpha value is -3.58. The van der Waals surface area contributed by atoms with Gasteiger partial charge >= 0.3 is 0 Å². The van der Waals surface area contributed by atoms with Crippen LogP contribution >= 0.6 is 0 Å². The summed E-state index contributed by atoms with van der Waals surface area (Å²) in [6.07, 6.45) is 0. The highest BCUT2D eigenvalue weighted by molar-refractivity contribution is 6.20. The van der Waals surface area contributed by atoms with E-state index in [1.807, 2.05) is 6.07 Å². The van der Waals surface area contributed by atoms with Gasteiger partial charge in [0.2, 0.25) is 0 Å². The lowest BCUT2D eigenvalue weighted by atomic mass is 9.94. The van der Waals surface area contributed by atoms with Crippen LogP contribution in [0.4, 0.5) is 0 Å². The Balaban J connectivity index is 1.73. The molecule has 1 nitrogen and oxygen atoms in total. The lowest BCUT2D eigenvalue weighted by Gasteiger charge is -2.11. The molecule has 0 atom stereocenters. The van der Waals surface area contributed by atoms with Crippen LogP contribution in [0.2, 0.25) is 0 Å². The van der Waals surface area contributed by atoms with E-state index in [0.717, 1.165) is 5.75 Å². The molecule has 0 fully saturated rings. The fourth-order valence-corrected chi connectivity index (χ4v) is 4.42. The van der Waals surface area contributed by atoms with Crippen LogP contribution in [0.15, 0.2) is 91.0 Å². The molecule has 6 rings (SSSR count). The minimum atomic E-state index is 0.894. The van der Waals surface area contributed by atoms with Gasteiger partial charge in [-0.3, -0.25) is 0 Å². The number of hydrogen-bond donors (Lipinski definition) is 0. The Morgan fingerprint density at radius 3 is 1.61 bits per heavy atom. The van der Waals surface area contributed by atoms with Gasteiger partial charge in [0.05, 0.1) is 7.11 Å². The maximum absolute atomic E-state index is 5.39. The van der Waals surface area contributed by atoms with E-state index in [4.69, 9.17) is 4.74 Å². The summed E-state index contributed by atoms with van der Waals surface area (Å²) in [6.45, 7) is 0. The van der Waals surface area contributed by atoms with E-state index in [9.17, 15) is 0 Å². The summed E-state index contributed by atoms with van der Waals surface area (Å²) in [5.41, 5.74) is 0. The van der Waals surface area contributed by atoms with Gasteiger partial charge in [-0.1, -0.05) is 54.6 Å². The molecule has 132 valence electrons. The van der Waals surface area contributed by atoms with Crippen molar-refractivity contribution in [2.24, 2.45) is 0 Å². The van der Waals surface area contributed by atoms with Crippen molar-refractivity contribution < 1.29 is 4.74 Å². The van der Waals surface area contributed by atoms with E-state index in [2.05, 4.69) is 84.9 Å². The molecule has 0 bridgehead atoms. The predicted molar refractivity (Wildman–Crippen MR) is 121 cm³/mol. The molecule has 0 saturated heterocycles. The van der Waals surface area contributed by atoms with E-state index in [1.165, 1.54) is 53.9 Å². The molecule has 0 unspecified atom stereocenters. The van der Waals surface area contributed by atoms with Crippen molar-refractivity contribution in [3.05, 3.63) is 91.0 Å². The molecule has 1 heteroatoms. The lowest BCUT2D eigenvalue weighted by Crippen LogP contribution is -1.85. The zero-order chi connectivity index (χ0) is 18.7. The second kappa shape index (κ2) is 5.71. The Morgan fingerprint density at radius 1 is 0.429 bits per heavy atom. The third kappa shape index (κ3) is 2.20. The Kier molecular flexibility index (Phi) is 3.15. The van der Waals surface area contributed by atoms with Crippen LogP contribution < -0.4 is 4.74 Å². The highest BCUT2D eigenvalue weighted by Gasteiger charge is 2.08. The highest BCUT2D eigenvalue weighted by Crippen LogP contribution is 2.35. The SMILES string of the molecule is COc1ccc2cc3c(ccc4c5cc6ccccc6cc5ccc34)cc2c1. The average molecular weight is 358 g/mol. The molecule has 0 N–H and O–H groups in total. The van der Waals surface area contributed by atoms with Gasteiger partial charge in [-0.15, -0.1) is 0 Å². The third-order valence-corrected chi connectivity index (χ3v) is 5.86. The molecule has 0 aliphatic carbocycles. The zero-order valence-corrected chi connectivity index (χ0v) is 15.6. The van der Waals surface area contributed by atoms with Crippen LogP contribution in [0, 0.1) is 0 Å². The fourth-order valence-electron chi connectivity index (χ4n) is 4.42. The molecular weight excluding hydrogens is 340 g/mol. The second-order valence-corrected chi connectivity index (χ2v) is 7.43. The fraction of sp³-hybridized carbons (Fsp3) is 0.0370. The van der Waals surface area contributed by atoms with E-state index >= 15 is 0 Å². The van der Waals surface area contributed by atoms with Gasteiger partial charge in [-0.2, -0.15) is 0 Å². The van der Waals surface area contributed by atoms with E-state index < -0.39 is 0 Å². The maximum Gasteiger partial charge on any atom is 0.119 e. The maximum atomic E-state index is 5.39. The summed E-state index contributed by atoms with van der Waals surface area (Å²) in [6, 6.07) is 33.1. The first-order valence-corrected chi connectivity index (χ1v) is 9.56. The first-order chi connectivity index (χ1) is 13.8. The summed E-state index contributed by atoms with van der Waals surface area (Å²) < 4.78 is 5.39. The molecule has 0 amide bonds. The van der Waals surface area contributed by atoms with Crippen molar-refractivity contribution >= 4 is 53.9 Å². The van der Waals surface area contributed by atoms with Crippen molar-refractivity contribution in [1.29, 1.82) is 0 Å². The zero-order valence-electron chi connectivity index (χ0n) is 15.6. The van der Waals surface area contributed by atoms with Crippen LogP contribution in [0.25, 0.3) is 53.9 Å². The van der Waals surface area contributed by atoms with E-state index in [-0.39, 0.29) is 0 Å². The predicted octanol–water partition coefficient (Wildman–Crippen LogP) is 7.46. The van der Waals surface area contributed by atoms with Gasteiger partial charge in [0.15, 0.2) is 0 Å². The Morgan fingerprint density at radius 2 is 0.964 bits per heavy atom. The Bertz CT molecular complexity index is 1540. The van der Waals surface area contributed by atoms with Gasteiger partial charge in [0.1, 0.15) is 5.75 Å². The molecule has 6 aromatic rings. The minimum absolute atomic E-state index is 0.894. The lowest BCUT2D eigenvalue weighted by molar-refractivity contribution is 0.415. The van der Waals surface area contributed by atoms with Crippen LogP contribution in [-0.4, -0.2) is 7.11 Å². The topological polar surface area (TPSA) is 9.23 Å². The van der Waals surface area contributed by atoms with Gasteiger partial charge in [-0.05, 0) is 90.3 Å². The number of benzene rings is 6. The quantitative estimate of drug-likeness (QED) is 0.219. The molecule has 0 radical (unpaired) electrons. The van der Waals surface area contributed by atoms with Crippen molar-refractivity contribution in [1.82, 2.24) is 0 Å². The van der Waals surface area contributed by atoms with Gasteiger partial charge in [0.25, 0.3) is 0 Å². The molecule has 0 saturated carbocycles. The van der Waals surface area contributed by atoms with Crippen molar-refractivity contribution in [3.8, 4) is 5.75 Å². The number of hydrogen-bond acceptors (Lipinski definition) is 1. The second-order valence-electron chi connectivity index (χ2n) is 7.43. The summed E-state index contributed by atoms with van der Waals surface area (Å²) in [5, 5.41) is 12.8. The molecule has 0 aromatic heterocycles. The van der Waals surface area contributed by atoms with Crippen LogP contribution in [0.1, 0.15) is 0 Å². The average Bonchev–Trinajstić information content (AvgIpc) is 2.75. The summed E-state index contributed by atoms with van der Waals surface area (Å²) in [4.78, 5) is 0. The monoisotopic (exact) mass is 358 g/mol. The van der Waals surface area contributed by atoms with Gasteiger partial charge in [-0.25, -0.2) is 0 Å². The molecule has 0 aliphatic heterocycles. The van der Waals surface area contributed by atoms with Crippen molar-refractivity contribution in [3.63, 3.8) is 0 Å². The molecular formula is C27H18O. The first kappa shape index (κ1) is 15.5. The van der Waals surface area contributed by atoms with E-state index in [1.54, 1.807) is 7.11 Å². The van der Waals surface area contributed by atoms with Crippen molar-refractivity contribution in [2.45, 2.75) is 0 Å². The molecule has 0 spiro atoms. The smallest absolute Gasteiger partial charge is 0.119 e. The van der Waals surface area contributed by atoms with E-state index in [0.29, 0.717) is 0 Å². The molecule has 0 aliphatic rings. The summed E-state index contributed by atoms with van der Waals surface area (Å²) >= 11 is 0. The molecule has 0 heterocycles. The number of methoxy groups -OCH3 is 1. The van der Waals surface area contributed by atoms with Crippen LogP contribution in [0.3, 0.4) is 0 Å². The number of fused-ring (bicyclic) bond motifs is 7. The van der Waals surface area contributed by atoms with Gasteiger partial charge in [0, 0.05) is 0 Å². The third-order valence-electron chi connectivity index (χ3n) is 5.86. The normalized spacial score (nSPS) is 11.8. The van der Waals surface area contributed by atoms with Crippen molar-refractivity contribution in [2.75, 3.05) is 7.11 Å². The van der Waals surface area contributed by atoms with Gasteiger partial charge < -0.3 is 4.74 Å². The van der Waals surface area contributed by atoms with Crippen LogP contribution in [0.5, 0.6) is 5.75 Å². The van der Waals surface area contributed by atoms with Crippen LogP contribution in [-0.2, 0) is 0 Å². The minimum Gasteiger partial charge on any atom is -0.497 e. The highest BCUT2D eigenvalue weighted by atomic mass is 16.5. The Labute approximate surface area is 162 Å². The standard InChI is InChI=1S/C27H18O/c1-28-23-9-6-19-16-27-21(13-22(19)14-23)8-11-24-25(27)10-7-20-12-17-4-2-3-5-18(17)15-26(20)24/h2-16H,1H3. The number of ether oxygens (including phenoxy) is 1. The number of rotatable bonds is 1. The summed E-state index contributed by atoms with van der Waals surface area (Å²) in [7, 11) is 1.71. The summed E-state index contributed by atoms with van der Waals surface area (Å²) in [5.74, 6) is 0.894. The molecule has 28 heavy (non-hydrogen) atoms.